The molecule has 9 heteroatoms. The van der Waals surface area contributed by atoms with Gasteiger partial charge in [-0.05, 0) is 45.6 Å². The molecule has 0 heterocycles. The second kappa shape index (κ2) is 13.3. The summed E-state index contributed by atoms with van der Waals surface area (Å²) in [7, 11) is 0. The van der Waals surface area contributed by atoms with Crippen LogP contribution in [-0.4, -0.2) is 41.7 Å². The Bertz CT molecular complexity index is 790. The third-order valence-electron chi connectivity index (χ3n) is 5.85. The van der Waals surface area contributed by atoms with E-state index in [4.69, 9.17) is 15.3 Å². The van der Waals surface area contributed by atoms with Crippen molar-refractivity contribution in [1.29, 1.82) is 0 Å². The summed E-state index contributed by atoms with van der Waals surface area (Å²) in [6, 6.07) is 7.38. The molecular formula is C25H40N4O5. The Morgan fingerprint density at radius 1 is 1.03 bits per heavy atom. The van der Waals surface area contributed by atoms with Gasteiger partial charge in [-0.15, -0.1) is 0 Å². The van der Waals surface area contributed by atoms with Gasteiger partial charge in [-0.2, -0.15) is 0 Å². The zero-order valence-electron chi connectivity index (χ0n) is 20.8. The molecule has 190 valence electrons. The molecule has 5 N–H and O–H groups in total. The quantitative estimate of drug-likeness (QED) is 0.233. The van der Waals surface area contributed by atoms with E-state index >= 15 is 0 Å². The van der Waals surface area contributed by atoms with E-state index in [9.17, 15) is 14.4 Å². The molecule has 0 bridgehead atoms. The number of nitrogens with two attached hydrogens (primary N) is 1. The maximum Gasteiger partial charge on any atom is 0.408 e. The molecule has 1 aliphatic carbocycles. The fourth-order valence-electron chi connectivity index (χ4n) is 4.26. The minimum atomic E-state index is -1.07. The minimum absolute atomic E-state index is 0.0649. The average Bonchev–Trinajstić information content (AvgIpc) is 2.80. The van der Waals surface area contributed by atoms with Crippen molar-refractivity contribution in [3.05, 3.63) is 35.9 Å². The fraction of sp³-hybridized carbons (Fsp3) is 0.640. The summed E-state index contributed by atoms with van der Waals surface area (Å²) in [5.74, 6) is 4.72. The topological polar surface area (TPSA) is 132 Å². The summed E-state index contributed by atoms with van der Waals surface area (Å²) in [6.07, 6.45) is 4.51. The summed E-state index contributed by atoms with van der Waals surface area (Å²) < 4.78 is 11.2. The van der Waals surface area contributed by atoms with Gasteiger partial charge in [0.15, 0.2) is 0 Å². The van der Waals surface area contributed by atoms with Gasteiger partial charge in [0.1, 0.15) is 18.7 Å². The van der Waals surface area contributed by atoms with Gasteiger partial charge >= 0.3 is 6.09 Å². The van der Waals surface area contributed by atoms with Crippen LogP contribution in [0.4, 0.5) is 4.79 Å². The first-order chi connectivity index (χ1) is 16.1. The largest absolute Gasteiger partial charge is 0.445 e. The van der Waals surface area contributed by atoms with Crippen LogP contribution < -0.4 is 21.9 Å². The van der Waals surface area contributed by atoms with Gasteiger partial charge in [0.05, 0.1) is 11.7 Å². The van der Waals surface area contributed by atoms with E-state index in [-0.39, 0.29) is 6.61 Å². The van der Waals surface area contributed by atoms with Gasteiger partial charge in [0.25, 0.3) is 5.91 Å². The average molecular weight is 477 g/mol. The van der Waals surface area contributed by atoms with Crippen LogP contribution in [0.1, 0.15) is 71.8 Å². The van der Waals surface area contributed by atoms with Crippen LogP contribution in [0.3, 0.4) is 0 Å². The van der Waals surface area contributed by atoms with E-state index in [0.717, 1.165) is 31.2 Å². The molecule has 1 fully saturated rings. The fourth-order valence-corrected chi connectivity index (χ4v) is 4.26. The molecule has 0 radical (unpaired) electrons. The number of nitrogens with one attached hydrogen (secondary N) is 3. The molecule has 3 atom stereocenters. The maximum absolute atomic E-state index is 13.3. The van der Waals surface area contributed by atoms with Crippen LogP contribution >= 0.6 is 0 Å². The highest BCUT2D eigenvalue weighted by Gasteiger charge is 2.34. The Morgan fingerprint density at radius 2 is 1.68 bits per heavy atom. The lowest BCUT2D eigenvalue weighted by Gasteiger charge is -2.32. The number of carbonyl (C=O) groups is 3. The summed E-state index contributed by atoms with van der Waals surface area (Å²) in [4.78, 5) is 38.2. The van der Waals surface area contributed by atoms with E-state index in [1.54, 1.807) is 6.92 Å². The van der Waals surface area contributed by atoms with E-state index in [1.807, 2.05) is 51.1 Å². The van der Waals surface area contributed by atoms with Crippen molar-refractivity contribution in [2.24, 2.45) is 11.8 Å². The Morgan fingerprint density at radius 3 is 2.26 bits per heavy atom. The molecule has 2 rings (SSSR count). The Balaban J connectivity index is 2.08. The van der Waals surface area contributed by atoms with Gasteiger partial charge in [-0.25, -0.2) is 10.6 Å². The molecule has 0 aromatic heterocycles. The molecule has 1 aliphatic rings. The molecule has 1 saturated carbocycles. The second-order valence-electron chi connectivity index (χ2n) is 9.93. The molecule has 34 heavy (non-hydrogen) atoms. The van der Waals surface area contributed by atoms with Crippen molar-refractivity contribution in [1.82, 2.24) is 16.1 Å². The predicted octanol–water partition coefficient (Wildman–Crippen LogP) is 2.93. The monoisotopic (exact) mass is 476 g/mol. The SMILES string of the molecule is C[C@@H](OC(C)(C)C)[C@H](NC(=O)OCc1ccccc1)C(=O)N[C@@H](CC1CCCCC1)C(=O)NN. The molecule has 9 nitrogen and oxygen atoms in total. The highest BCUT2D eigenvalue weighted by molar-refractivity contribution is 5.91. The number of rotatable bonds is 10. The van der Waals surface area contributed by atoms with Crippen molar-refractivity contribution in [3.8, 4) is 0 Å². The molecular weight excluding hydrogens is 436 g/mol. The van der Waals surface area contributed by atoms with Gasteiger partial charge < -0.3 is 20.1 Å². The van der Waals surface area contributed by atoms with Gasteiger partial charge in [0.2, 0.25) is 5.91 Å². The lowest BCUT2D eigenvalue weighted by Crippen LogP contribution is -2.59. The third kappa shape index (κ3) is 9.69. The zero-order chi connectivity index (χ0) is 25.1. The Kier molecular flexibility index (Phi) is 10.8. The molecule has 3 amide bonds. The summed E-state index contributed by atoms with van der Waals surface area (Å²) >= 11 is 0. The van der Waals surface area contributed by atoms with Crippen molar-refractivity contribution in [3.63, 3.8) is 0 Å². The number of carbonyl (C=O) groups excluding carboxylic acids is 3. The number of ether oxygens (including phenoxy) is 2. The van der Waals surface area contributed by atoms with E-state index in [2.05, 4.69) is 16.1 Å². The van der Waals surface area contributed by atoms with Crippen LogP contribution in [0.2, 0.25) is 0 Å². The number of alkyl carbamates (subject to hydrolysis) is 1. The van der Waals surface area contributed by atoms with Crippen molar-refractivity contribution in [2.75, 3.05) is 0 Å². The van der Waals surface area contributed by atoms with E-state index in [1.165, 1.54) is 6.42 Å². The molecule has 0 aliphatic heterocycles. The normalized spacial score (nSPS) is 17.2. The molecule has 1 aromatic carbocycles. The predicted molar refractivity (Wildman–Crippen MR) is 129 cm³/mol. The molecule has 0 saturated heterocycles. The molecule has 1 aromatic rings. The first-order valence-corrected chi connectivity index (χ1v) is 12.0. The van der Waals surface area contributed by atoms with Crippen LogP contribution in [0.25, 0.3) is 0 Å². The minimum Gasteiger partial charge on any atom is -0.445 e. The number of amides is 3. The number of hydrogen-bond acceptors (Lipinski definition) is 6. The number of benzene rings is 1. The van der Waals surface area contributed by atoms with Gasteiger partial charge in [-0.1, -0.05) is 62.4 Å². The summed E-state index contributed by atoms with van der Waals surface area (Å²) in [5.41, 5.74) is 2.42. The van der Waals surface area contributed by atoms with Crippen molar-refractivity contribution >= 4 is 17.9 Å². The lowest BCUT2D eigenvalue weighted by atomic mass is 9.84. The standard InChI is InChI=1S/C25H40N4O5/c1-17(34-25(2,3)4)21(28-24(32)33-16-19-13-9-6-10-14-19)23(31)27-20(22(30)29-26)15-18-11-7-5-8-12-18/h6,9-10,13-14,17-18,20-21H,5,7-8,11-12,15-16,26H2,1-4H3,(H,27,31)(H,28,32)(H,29,30)/t17-,20+,21+/m1/s1. The smallest absolute Gasteiger partial charge is 0.408 e. The van der Waals surface area contributed by atoms with Crippen LogP contribution in [0.5, 0.6) is 0 Å². The summed E-state index contributed by atoms with van der Waals surface area (Å²) in [6.45, 7) is 7.35. The maximum atomic E-state index is 13.3. The van der Waals surface area contributed by atoms with Crippen LogP contribution in [0.15, 0.2) is 30.3 Å². The highest BCUT2D eigenvalue weighted by atomic mass is 16.5. The Labute approximate surface area is 202 Å². The zero-order valence-corrected chi connectivity index (χ0v) is 20.8. The van der Waals surface area contributed by atoms with Gasteiger partial charge in [0, 0.05) is 0 Å². The second-order valence-corrected chi connectivity index (χ2v) is 9.93. The van der Waals surface area contributed by atoms with Crippen LogP contribution in [0, 0.1) is 5.92 Å². The van der Waals surface area contributed by atoms with Crippen LogP contribution in [-0.2, 0) is 25.7 Å². The van der Waals surface area contributed by atoms with E-state index < -0.39 is 41.7 Å². The van der Waals surface area contributed by atoms with Gasteiger partial charge in [-0.3, -0.25) is 15.0 Å². The van der Waals surface area contributed by atoms with Crippen molar-refractivity contribution < 1.29 is 23.9 Å². The lowest BCUT2D eigenvalue weighted by molar-refractivity contribution is -0.135. The highest BCUT2D eigenvalue weighted by Crippen LogP contribution is 2.27. The van der Waals surface area contributed by atoms with Crippen molar-refractivity contribution in [2.45, 2.75) is 96.6 Å². The molecule has 0 spiro atoms. The first-order valence-electron chi connectivity index (χ1n) is 12.0. The summed E-state index contributed by atoms with van der Waals surface area (Å²) in [5, 5.41) is 5.39. The Hall–Kier alpha value is -2.65. The molecule has 0 unspecified atom stereocenters. The number of hydrazine groups is 1. The van der Waals surface area contributed by atoms with E-state index in [0.29, 0.717) is 12.3 Å². The first kappa shape index (κ1) is 27.6. The third-order valence-corrected chi connectivity index (χ3v) is 5.85. The number of hydrogen-bond donors (Lipinski definition) is 4.